The Labute approximate surface area is 313 Å². The molecule has 0 unspecified atom stereocenters. The SMILES string of the molecule is CN[C@H]1[C@H](O)[C@H]2O[C@@H]3O[C@H](C)CC(=O)[C@]3(O)O[C@@H]2[C@@H](N(C)Cc2ccc(CN(C)[C@@H]3[C@H](O)[C@H](NC)[C@H]4O[C@@]5(O)C(=O)C[C@@H](C)O[C@H]5O[C@@H]4[C@H]3O)cc2)[C@H]1O. The van der Waals surface area contributed by atoms with Gasteiger partial charge in [0.2, 0.25) is 12.6 Å². The van der Waals surface area contributed by atoms with Crippen LogP contribution in [0.25, 0.3) is 0 Å². The molecule has 6 aliphatic rings. The van der Waals surface area contributed by atoms with Gasteiger partial charge in [-0.25, -0.2) is 0 Å². The normalized spacial score (nSPS) is 47.9. The van der Waals surface area contributed by atoms with Crippen LogP contribution in [0.2, 0.25) is 0 Å². The van der Waals surface area contributed by atoms with Gasteiger partial charge in [-0.2, -0.15) is 0 Å². The highest BCUT2D eigenvalue weighted by Crippen LogP contribution is 2.43. The van der Waals surface area contributed by atoms with Crippen molar-refractivity contribution in [1.29, 1.82) is 0 Å². The summed E-state index contributed by atoms with van der Waals surface area (Å²) in [7, 11) is 6.75. The third-order valence-corrected chi connectivity index (χ3v) is 12.0. The molecule has 0 radical (unpaired) electrons. The van der Waals surface area contributed by atoms with Crippen LogP contribution in [0.15, 0.2) is 24.3 Å². The van der Waals surface area contributed by atoms with Crippen molar-refractivity contribution in [3.8, 4) is 0 Å². The summed E-state index contributed by atoms with van der Waals surface area (Å²) in [5.41, 5.74) is 1.71. The van der Waals surface area contributed by atoms with Crippen LogP contribution in [0.1, 0.15) is 37.8 Å². The van der Waals surface area contributed by atoms with Crippen LogP contribution in [0, 0.1) is 0 Å². The number of hydrogen-bond acceptors (Lipinski definition) is 18. The zero-order chi connectivity index (χ0) is 39.0. The van der Waals surface area contributed by atoms with Crippen LogP contribution in [0.5, 0.6) is 0 Å². The molecule has 0 aromatic heterocycles. The number of ether oxygens (including phenoxy) is 6. The molecule has 0 amide bonds. The van der Waals surface area contributed by atoms with E-state index >= 15 is 0 Å². The Balaban J connectivity index is 1.04. The number of hydrogen-bond donors (Lipinski definition) is 8. The lowest BCUT2D eigenvalue weighted by atomic mass is 9.79. The number of carbonyl (C=O) groups excluding carboxylic acids is 2. The number of Topliss-reactive ketones (excluding diaryl/α,β-unsaturated/α-hetero) is 2. The summed E-state index contributed by atoms with van der Waals surface area (Å²) in [6.07, 6.45) is -13.1. The molecular formula is C36H54N4O14. The van der Waals surface area contributed by atoms with Crippen molar-refractivity contribution in [2.75, 3.05) is 28.2 Å². The number of aliphatic hydroxyl groups is 6. The Bertz CT molecular complexity index is 1540. The smallest absolute Gasteiger partial charge is 0.280 e. The lowest BCUT2D eigenvalue weighted by Gasteiger charge is -2.56. The minimum absolute atomic E-state index is 0.0699. The number of rotatable bonds is 8. The van der Waals surface area contributed by atoms with Crippen molar-refractivity contribution < 1.29 is 68.6 Å². The highest BCUT2D eigenvalue weighted by molar-refractivity contribution is 5.87. The zero-order valence-electron chi connectivity index (χ0n) is 31.2. The molecule has 302 valence electrons. The third kappa shape index (κ3) is 6.66. The predicted octanol–water partition coefficient (Wildman–Crippen LogP) is -3.71. The van der Waals surface area contributed by atoms with Crippen molar-refractivity contribution in [2.45, 2.75) is 149 Å². The Morgan fingerprint density at radius 2 is 1.06 bits per heavy atom. The fraction of sp³-hybridized carbons (Fsp3) is 0.778. The van der Waals surface area contributed by atoms with Gasteiger partial charge >= 0.3 is 0 Å². The van der Waals surface area contributed by atoms with Crippen LogP contribution in [0.3, 0.4) is 0 Å². The quantitative estimate of drug-likeness (QED) is 0.127. The molecule has 0 spiro atoms. The molecule has 0 bridgehead atoms. The maximum Gasteiger partial charge on any atom is 0.280 e. The summed E-state index contributed by atoms with van der Waals surface area (Å²) in [5.74, 6) is -5.93. The van der Waals surface area contributed by atoms with Gasteiger partial charge in [0.1, 0.15) is 36.6 Å². The second kappa shape index (κ2) is 15.0. The van der Waals surface area contributed by atoms with E-state index in [1.54, 1.807) is 46.9 Å². The lowest BCUT2D eigenvalue weighted by molar-refractivity contribution is -0.423. The lowest BCUT2D eigenvalue weighted by Crippen LogP contribution is -2.77. The maximum absolute atomic E-state index is 13.0. The van der Waals surface area contributed by atoms with E-state index in [1.807, 2.05) is 29.2 Å². The van der Waals surface area contributed by atoms with Crippen LogP contribution >= 0.6 is 0 Å². The fourth-order valence-corrected chi connectivity index (χ4v) is 9.21. The number of nitrogens with zero attached hydrogens (tertiary/aromatic N) is 2. The molecule has 2 saturated carbocycles. The van der Waals surface area contributed by atoms with Crippen LogP contribution in [-0.4, -0.2) is 190 Å². The van der Waals surface area contributed by atoms with Gasteiger partial charge in [-0.15, -0.1) is 0 Å². The molecule has 4 heterocycles. The van der Waals surface area contributed by atoms with Crippen LogP contribution < -0.4 is 10.6 Å². The number of carbonyl (C=O) groups is 2. The Hall–Kier alpha value is -2.08. The minimum Gasteiger partial charge on any atom is -0.390 e. The Morgan fingerprint density at radius 3 is 1.54 bits per heavy atom. The first-order valence-electron chi connectivity index (χ1n) is 18.6. The predicted molar refractivity (Wildman–Crippen MR) is 184 cm³/mol. The number of benzene rings is 1. The first-order valence-corrected chi connectivity index (χ1v) is 18.6. The van der Waals surface area contributed by atoms with Crippen molar-refractivity contribution in [2.24, 2.45) is 0 Å². The molecule has 7 rings (SSSR count). The summed E-state index contributed by atoms with van der Waals surface area (Å²) in [6, 6.07) is 4.31. The maximum atomic E-state index is 13.0. The van der Waals surface area contributed by atoms with Crippen molar-refractivity contribution >= 4 is 11.6 Å². The third-order valence-electron chi connectivity index (χ3n) is 12.0. The topological polar surface area (TPSA) is 241 Å². The van der Waals surface area contributed by atoms with E-state index in [0.29, 0.717) is 13.1 Å². The number of aliphatic hydroxyl groups excluding tert-OH is 4. The summed E-state index contributed by atoms with van der Waals surface area (Å²) in [4.78, 5) is 29.3. The second-order valence-electron chi connectivity index (χ2n) is 15.8. The minimum atomic E-state index is -2.39. The van der Waals surface area contributed by atoms with E-state index < -0.39 is 121 Å². The van der Waals surface area contributed by atoms with Gasteiger partial charge in [0.25, 0.3) is 11.6 Å². The molecule has 2 aliphatic carbocycles. The van der Waals surface area contributed by atoms with E-state index in [1.165, 1.54) is 0 Å². The average molecular weight is 767 g/mol. The highest BCUT2D eigenvalue weighted by Gasteiger charge is 2.66. The first kappa shape index (κ1) is 40.1. The Kier molecular flexibility index (Phi) is 11.2. The van der Waals surface area contributed by atoms with E-state index in [2.05, 4.69) is 10.6 Å². The van der Waals surface area contributed by atoms with E-state index in [9.17, 15) is 40.2 Å². The average Bonchev–Trinajstić information content (AvgIpc) is 3.10. The zero-order valence-corrected chi connectivity index (χ0v) is 31.2. The summed E-state index contributed by atoms with van der Waals surface area (Å²) >= 11 is 0. The number of likely N-dealkylation sites (N-methyl/N-ethyl adjacent to an activating group) is 4. The van der Waals surface area contributed by atoms with Gasteiger partial charge in [-0.05, 0) is 53.2 Å². The molecule has 1 aromatic carbocycles. The van der Waals surface area contributed by atoms with Gasteiger partial charge in [0.15, 0.2) is 11.6 Å². The molecule has 8 N–H and O–H groups in total. The van der Waals surface area contributed by atoms with E-state index in [0.717, 1.165) is 11.1 Å². The van der Waals surface area contributed by atoms with Crippen molar-refractivity contribution in [3.05, 3.63) is 35.4 Å². The van der Waals surface area contributed by atoms with Gasteiger partial charge in [0, 0.05) is 25.9 Å². The fourth-order valence-electron chi connectivity index (χ4n) is 9.21. The molecular weight excluding hydrogens is 712 g/mol. The molecule has 4 saturated heterocycles. The number of ketones is 2. The molecule has 4 aliphatic heterocycles. The standard InChI is InChI=1S/C36H54N4O14/c1-15-11-19(41)35(47)33(49-15)52-32-28(46)23(26(44)22(38-4)29(32)53-35)39(5)13-17-7-9-18(10-8-17)14-40(6)24-25(43)21(37-3)27(45)31-30(24)54-36(48)20(42)12-16(2)50-34(36)51-31/h7-10,15-16,21-34,37-38,43-48H,11-14H2,1-6H3/t15-,16-,21-,22+,23-,24+,25+,26-,27+,28+,29-,30-,31-,32-,33+,34+,35+,36+/m1/s1. The molecule has 1 aromatic rings. The van der Waals surface area contributed by atoms with Gasteiger partial charge in [0.05, 0.1) is 48.6 Å². The van der Waals surface area contributed by atoms with Gasteiger partial charge in [-0.1, -0.05) is 24.3 Å². The number of nitrogens with one attached hydrogen (secondary N) is 2. The molecule has 18 atom stereocenters. The highest BCUT2D eigenvalue weighted by atomic mass is 16.8. The Morgan fingerprint density at radius 1 is 0.630 bits per heavy atom. The van der Waals surface area contributed by atoms with Crippen molar-refractivity contribution in [3.63, 3.8) is 0 Å². The molecule has 18 nitrogen and oxygen atoms in total. The van der Waals surface area contributed by atoms with E-state index in [4.69, 9.17) is 28.4 Å². The largest absolute Gasteiger partial charge is 0.390 e. The van der Waals surface area contributed by atoms with Gasteiger partial charge in [-0.3, -0.25) is 19.4 Å². The molecule has 6 fully saturated rings. The first-order chi connectivity index (χ1) is 25.5. The van der Waals surface area contributed by atoms with Crippen LogP contribution in [0.4, 0.5) is 0 Å². The molecule has 54 heavy (non-hydrogen) atoms. The van der Waals surface area contributed by atoms with E-state index in [-0.39, 0.29) is 12.8 Å². The van der Waals surface area contributed by atoms with Crippen LogP contribution in [-0.2, 0) is 51.1 Å². The van der Waals surface area contributed by atoms with Gasteiger partial charge < -0.3 is 69.7 Å². The summed E-state index contributed by atoms with van der Waals surface area (Å²) in [5, 5.41) is 74.1. The monoisotopic (exact) mass is 766 g/mol. The van der Waals surface area contributed by atoms with Crippen molar-refractivity contribution in [1.82, 2.24) is 20.4 Å². The summed E-state index contributed by atoms with van der Waals surface area (Å²) < 4.78 is 35.4. The molecule has 18 heteroatoms. The summed E-state index contributed by atoms with van der Waals surface area (Å²) in [6.45, 7) is 3.98. The second-order valence-corrected chi connectivity index (χ2v) is 15.8. The number of fused-ring (bicyclic) bond motifs is 4.